The minimum absolute atomic E-state index is 0.430. The van der Waals surface area contributed by atoms with Gasteiger partial charge in [0.25, 0.3) is 0 Å². The van der Waals surface area contributed by atoms with Gasteiger partial charge in [0, 0.05) is 30.2 Å². The molecule has 0 radical (unpaired) electrons. The van der Waals surface area contributed by atoms with Crippen LogP contribution in [-0.2, 0) is 0 Å². The second kappa shape index (κ2) is 7.18. The largest absolute Gasteiger partial charge is 0.316 e. The fourth-order valence-corrected chi connectivity index (χ4v) is 2.25. The lowest BCUT2D eigenvalue weighted by Crippen LogP contribution is -2.04. The monoisotopic (exact) mass is 324 g/mol. The number of hydrazone groups is 1. The van der Waals surface area contributed by atoms with Gasteiger partial charge in [0.05, 0.1) is 11.8 Å². The van der Waals surface area contributed by atoms with Crippen molar-refractivity contribution in [2.75, 3.05) is 10.7 Å². The molecule has 0 aromatic carbocycles. The Kier molecular flexibility index (Phi) is 4.60. The van der Waals surface area contributed by atoms with Crippen LogP contribution in [0.1, 0.15) is 11.1 Å². The molecule has 0 amide bonds. The summed E-state index contributed by atoms with van der Waals surface area (Å²) in [5.41, 5.74) is 4.22. The van der Waals surface area contributed by atoms with Gasteiger partial charge in [-0.1, -0.05) is 0 Å². The zero-order valence-electron chi connectivity index (χ0n) is 11.8. The van der Waals surface area contributed by atoms with Crippen molar-refractivity contribution in [3.8, 4) is 0 Å². The molecule has 3 N–H and O–H groups in total. The molecule has 8 nitrogen and oxygen atoms in total. The van der Waals surface area contributed by atoms with Gasteiger partial charge in [0.1, 0.15) is 12.1 Å². The van der Waals surface area contributed by atoms with Gasteiger partial charge in [-0.3, -0.25) is 10.4 Å². The van der Waals surface area contributed by atoms with Crippen LogP contribution < -0.4 is 10.7 Å². The van der Waals surface area contributed by atoms with Crippen LogP contribution in [0.15, 0.2) is 47.5 Å². The Bertz CT molecular complexity index is 801. The van der Waals surface area contributed by atoms with Crippen molar-refractivity contribution in [1.82, 2.24) is 19.9 Å². The molecule has 23 heavy (non-hydrogen) atoms. The molecule has 0 aliphatic rings. The van der Waals surface area contributed by atoms with E-state index in [4.69, 9.17) is 5.41 Å². The normalized spacial score (nSPS) is 10.6. The second-order valence-electron chi connectivity index (χ2n) is 4.24. The highest BCUT2D eigenvalue weighted by Crippen LogP contribution is 2.22. The average molecular weight is 324 g/mol. The predicted molar refractivity (Wildman–Crippen MR) is 90.8 cm³/mol. The summed E-state index contributed by atoms with van der Waals surface area (Å²) in [4.78, 5) is 16.3. The number of nitrogens with zero attached hydrogens (tertiary/aromatic N) is 5. The molecule has 3 aromatic heterocycles. The summed E-state index contributed by atoms with van der Waals surface area (Å²) in [7, 11) is 0. The minimum Gasteiger partial charge on any atom is -0.316 e. The Hall–Kier alpha value is -3.20. The maximum atomic E-state index is 7.59. The summed E-state index contributed by atoms with van der Waals surface area (Å²) in [6, 6.07) is 3.66. The van der Waals surface area contributed by atoms with E-state index < -0.39 is 0 Å². The summed E-state index contributed by atoms with van der Waals surface area (Å²) >= 11 is 1.44. The summed E-state index contributed by atoms with van der Waals surface area (Å²) in [5, 5.41) is 17.3. The van der Waals surface area contributed by atoms with Crippen LogP contribution in [0.25, 0.3) is 0 Å². The average Bonchev–Trinajstić information content (AvgIpc) is 3.09. The first-order valence-electron chi connectivity index (χ1n) is 6.58. The lowest BCUT2D eigenvalue weighted by atomic mass is 10.3. The van der Waals surface area contributed by atoms with E-state index in [1.165, 1.54) is 23.9 Å². The quantitative estimate of drug-likeness (QED) is 0.474. The van der Waals surface area contributed by atoms with Gasteiger partial charge in [-0.25, -0.2) is 15.0 Å². The van der Waals surface area contributed by atoms with Crippen molar-refractivity contribution in [3.05, 3.63) is 53.6 Å². The number of anilines is 3. The summed E-state index contributed by atoms with van der Waals surface area (Å²) < 4.78 is 0. The van der Waals surface area contributed by atoms with Crippen LogP contribution in [0.5, 0.6) is 0 Å². The fraction of sp³-hybridized carbons (Fsp3) is 0. The maximum Gasteiger partial charge on any atom is 0.188 e. The first kappa shape index (κ1) is 14.7. The lowest BCUT2D eigenvalue weighted by molar-refractivity contribution is 1.13. The van der Waals surface area contributed by atoms with E-state index in [1.807, 2.05) is 17.5 Å². The number of aromatic nitrogens is 4. The SMILES string of the molecule is N=Cc1c(N/N=C/c2ccncc2)ncnc1Nc1nccs1. The standard InChI is InChI=1S/C14H12N8S/c15-7-11-12(21-14-17-5-6-23-14)18-9-19-13(11)22-20-8-10-1-3-16-4-2-10/h1-9,15H,(H2,17,18,19,21,22)/b15-7?,20-8+. The van der Waals surface area contributed by atoms with Gasteiger partial charge in [-0.2, -0.15) is 5.10 Å². The van der Waals surface area contributed by atoms with Crippen molar-refractivity contribution in [1.29, 1.82) is 5.41 Å². The molecule has 0 spiro atoms. The van der Waals surface area contributed by atoms with Crippen LogP contribution in [-0.4, -0.2) is 32.4 Å². The lowest BCUT2D eigenvalue weighted by Gasteiger charge is -2.08. The van der Waals surface area contributed by atoms with E-state index in [2.05, 4.69) is 35.8 Å². The second-order valence-corrected chi connectivity index (χ2v) is 5.14. The Morgan fingerprint density at radius 1 is 1.09 bits per heavy atom. The number of hydrogen-bond acceptors (Lipinski definition) is 9. The number of hydrogen-bond donors (Lipinski definition) is 3. The predicted octanol–water partition coefficient (Wildman–Crippen LogP) is 2.52. The number of nitrogens with one attached hydrogen (secondary N) is 3. The smallest absolute Gasteiger partial charge is 0.188 e. The first-order valence-corrected chi connectivity index (χ1v) is 7.46. The molecular formula is C14H12N8S. The Morgan fingerprint density at radius 2 is 1.91 bits per heavy atom. The Balaban J connectivity index is 1.79. The number of rotatable bonds is 6. The third-order valence-corrected chi connectivity index (χ3v) is 3.46. The fourth-order valence-electron chi connectivity index (χ4n) is 1.72. The molecule has 3 rings (SSSR count). The molecule has 114 valence electrons. The minimum atomic E-state index is 0.430. The zero-order chi connectivity index (χ0) is 15.9. The Morgan fingerprint density at radius 3 is 2.65 bits per heavy atom. The summed E-state index contributed by atoms with van der Waals surface area (Å²) in [5.74, 6) is 0.922. The molecule has 0 atom stereocenters. The molecule has 0 aliphatic carbocycles. The van der Waals surface area contributed by atoms with Gasteiger partial charge in [-0.15, -0.1) is 11.3 Å². The van der Waals surface area contributed by atoms with Gasteiger partial charge < -0.3 is 10.7 Å². The van der Waals surface area contributed by atoms with Crippen molar-refractivity contribution >= 4 is 40.5 Å². The van der Waals surface area contributed by atoms with E-state index in [0.29, 0.717) is 22.3 Å². The molecule has 0 unspecified atom stereocenters. The van der Waals surface area contributed by atoms with E-state index >= 15 is 0 Å². The first-order chi connectivity index (χ1) is 11.4. The van der Waals surface area contributed by atoms with Gasteiger partial charge in [-0.05, 0) is 17.7 Å². The molecule has 3 aromatic rings. The Labute approximate surface area is 135 Å². The van der Waals surface area contributed by atoms with E-state index in [-0.39, 0.29) is 0 Å². The van der Waals surface area contributed by atoms with Gasteiger partial charge >= 0.3 is 0 Å². The third-order valence-electron chi connectivity index (χ3n) is 2.78. The zero-order valence-corrected chi connectivity index (χ0v) is 12.7. The summed E-state index contributed by atoms with van der Waals surface area (Å²) in [6.45, 7) is 0. The topological polar surface area (TPSA) is 112 Å². The number of pyridine rings is 1. The van der Waals surface area contributed by atoms with Crippen LogP contribution in [0.4, 0.5) is 16.8 Å². The molecule has 0 fully saturated rings. The van der Waals surface area contributed by atoms with E-state index in [9.17, 15) is 0 Å². The molecule has 3 heterocycles. The highest BCUT2D eigenvalue weighted by molar-refractivity contribution is 7.13. The van der Waals surface area contributed by atoms with Gasteiger partial charge in [0.15, 0.2) is 10.9 Å². The van der Waals surface area contributed by atoms with Crippen LogP contribution in [0, 0.1) is 5.41 Å². The van der Waals surface area contributed by atoms with Gasteiger partial charge in [0.2, 0.25) is 0 Å². The molecule has 9 heteroatoms. The van der Waals surface area contributed by atoms with Crippen LogP contribution >= 0.6 is 11.3 Å². The van der Waals surface area contributed by atoms with Crippen LogP contribution in [0.2, 0.25) is 0 Å². The van der Waals surface area contributed by atoms with E-state index in [0.717, 1.165) is 5.56 Å². The molecule has 0 saturated heterocycles. The van der Waals surface area contributed by atoms with Crippen molar-refractivity contribution < 1.29 is 0 Å². The highest BCUT2D eigenvalue weighted by Gasteiger charge is 2.10. The van der Waals surface area contributed by atoms with Crippen LogP contribution in [0.3, 0.4) is 0 Å². The molecular weight excluding hydrogens is 312 g/mol. The van der Waals surface area contributed by atoms with E-state index in [1.54, 1.807) is 24.8 Å². The van der Waals surface area contributed by atoms with Crippen molar-refractivity contribution in [2.24, 2.45) is 5.10 Å². The van der Waals surface area contributed by atoms with Crippen molar-refractivity contribution in [3.63, 3.8) is 0 Å². The molecule has 0 saturated carbocycles. The third kappa shape index (κ3) is 3.71. The van der Waals surface area contributed by atoms with Crippen molar-refractivity contribution in [2.45, 2.75) is 0 Å². The highest BCUT2D eigenvalue weighted by atomic mass is 32.1. The maximum absolute atomic E-state index is 7.59. The molecule has 0 aliphatic heterocycles. The molecule has 0 bridgehead atoms. The summed E-state index contributed by atoms with van der Waals surface area (Å²) in [6.07, 6.45) is 9.27. The number of thiazole rings is 1.